The molecule has 0 atom stereocenters. The van der Waals surface area contributed by atoms with E-state index in [1.165, 1.54) is 21.9 Å². The molecule has 0 aliphatic heterocycles. The summed E-state index contributed by atoms with van der Waals surface area (Å²) >= 11 is 7.57. The van der Waals surface area contributed by atoms with Crippen LogP contribution < -0.4 is 15.6 Å². The summed E-state index contributed by atoms with van der Waals surface area (Å²) in [5.41, 5.74) is 1.07. The lowest BCUT2D eigenvalue weighted by Crippen LogP contribution is -2.17. The van der Waals surface area contributed by atoms with E-state index in [1.807, 2.05) is 17.5 Å². The Morgan fingerprint density at radius 3 is 2.96 bits per heavy atom. The number of benzene rings is 1. The van der Waals surface area contributed by atoms with E-state index in [1.54, 1.807) is 25.3 Å². The van der Waals surface area contributed by atoms with Crippen LogP contribution in [0.3, 0.4) is 0 Å². The number of nitrogens with one attached hydrogen (secondary N) is 2. The van der Waals surface area contributed by atoms with Crippen molar-refractivity contribution in [2.75, 3.05) is 12.4 Å². The van der Waals surface area contributed by atoms with E-state index in [0.29, 0.717) is 34.6 Å². The van der Waals surface area contributed by atoms with Crippen molar-refractivity contribution < 1.29 is 4.74 Å². The molecule has 0 amide bonds. The maximum Gasteiger partial charge on any atom is 0.274 e. The molecule has 3 heterocycles. The number of aromatic nitrogens is 4. The molecule has 2 N–H and O–H groups in total. The van der Waals surface area contributed by atoms with Gasteiger partial charge in [0.1, 0.15) is 5.75 Å². The number of hydrogen-bond donors (Lipinski definition) is 2. The second-order valence-corrected chi connectivity index (χ2v) is 6.85. The Hall–Kier alpha value is -2.84. The molecular weight excluding hydrogens is 374 g/mol. The molecule has 0 bridgehead atoms. The smallest absolute Gasteiger partial charge is 0.274 e. The van der Waals surface area contributed by atoms with Crippen LogP contribution in [0.25, 0.3) is 16.5 Å². The minimum absolute atomic E-state index is 0.222. The molecule has 4 rings (SSSR count). The summed E-state index contributed by atoms with van der Waals surface area (Å²) in [4.78, 5) is 22.2. The van der Waals surface area contributed by atoms with Crippen LogP contribution in [0.15, 0.2) is 46.6 Å². The third kappa shape index (κ3) is 3.16. The van der Waals surface area contributed by atoms with Crippen molar-refractivity contribution in [3.8, 4) is 16.5 Å². The quantitative estimate of drug-likeness (QED) is 0.548. The zero-order valence-electron chi connectivity index (χ0n) is 13.7. The summed E-state index contributed by atoms with van der Waals surface area (Å²) in [6, 6.07) is 10.6. The number of ether oxygens (including phenoxy) is 1. The lowest BCUT2D eigenvalue weighted by molar-refractivity contribution is 0.416. The highest BCUT2D eigenvalue weighted by atomic mass is 35.5. The molecule has 0 radical (unpaired) electrons. The molecule has 0 spiro atoms. The van der Waals surface area contributed by atoms with Gasteiger partial charge < -0.3 is 10.1 Å². The number of thiophene rings is 1. The molecule has 7 nitrogen and oxygen atoms in total. The van der Waals surface area contributed by atoms with Gasteiger partial charge in [0.2, 0.25) is 0 Å². The van der Waals surface area contributed by atoms with Gasteiger partial charge in [-0.3, -0.25) is 9.89 Å². The van der Waals surface area contributed by atoms with Crippen LogP contribution in [-0.4, -0.2) is 26.7 Å². The zero-order chi connectivity index (χ0) is 18.1. The molecular formula is C17H14ClN5O2S. The molecule has 1 aromatic carbocycles. The summed E-state index contributed by atoms with van der Waals surface area (Å²) in [7, 11) is 1.58. The summed E-state index contributed by atoms with van der Waals surface area (Å²) in [5.74, 6) is 1.61. The van der Waals surface area contributed by atoms with Crippen LogP contribution in [0.1, 0.15) is 5.69 Å². The Morgan fingerprint density at radius 2 is 2.19 bits per heavy atom. The minimum Gasteiger partial charge on any atom is -0.495 e. The second kappa shape index (κ2) is 6.81. The molecule has 4 aromatic rings. The van der Waals surface area contributed by atoms with E-state index in [-0.39, 0.29) is 5.56 Å². The first-order valence-corrected chi connectivity index (χ1v) is 9.00. The lowest BCUT2D eigenvalue weighted by Gasteiger charge is -2.11. The fraction of sp³-hybridized carbons (Fsp3) is 0.118. The second-order valence-electron chi connectivity index (χ2n) is 5.47. The Labute approximate surface area is 157 Å². The highest BCUT2D eigenvalue weighted by molar-refractivity contribution is 7.13. The number of rotatable bonds is 5. The first-order valence-electron chi connectivity index (χ1n) is 7.74. The third-order valence-electron chi connectivity index (χ3n) is 3.76. The Bertz CT molecular complexity index is 1120. The van der Waals surface area contributed by atoms with Gasteiger partial charge in [-0.25, -0.2) is 4.98 Å². The van der Waals surface area contributed by atoms with E-state index in [0.717, 1.165) is 10.6 Å². The number of methoxy groups -OCH3 is 1. The van der Waals surface area contributed by atoms with Crippen LogP contribution in [0.5, 0.6) is 5.75 Å². The van der Waals surface area contributed by atoms with E-state index in [9.17, 15) is 4.79 Å². The number of halogens is 1. The maximum absolute atomic E-state index is 12.4. The van der Waals surface area contributed by atoms with Crippen molar-refractivity contribution in [1.82, 2.24) is 19.6 Å². The van der Waals surface area contributed by atoms with Crippen molar-refractivity contribution in [3.05, 3.63) is 62.8 Å². The number of anilines is 1. The van der Waals surface area contributed by atoms with Crippen LogP contribution in [0.4, 0.5) is 5.69 Å². The minimum atomic E-state index is -0.222. The van der Waals surface area contributed by atoms with Gasteiger partial charge in [0.05, 0.1) is 29.9 Å². The number of fused-ring (bicyclic) bond motifs is 1. The Kier molecular flexibility index (Phi) is 4.36. The predicted octanol–water partition coefficient (Wildman–Crippen LogP) is 3.42. The summed E-state index contributed by atoms with van der Waals surface area (Å²) in [6.45, 7) is 0.337. The van der Waals surface area contributed by atoms with Crippen molar-refractivity contribution in [3.63, 3.8) is 0 Å². The normalized spacial score (nSPS) is 11.0. The first kappa shape index (κ1) is 16.6. The average Bonchev–Trinajstić information content (AvgIpc) is 3.29. The standard InChI is InChI=1S/C17H14ClN5O2S/c1-25-13-5-4-10(18)7-12(13)19-9-11-8-15(24)23-17(20-11)21-16(22-23)14-3-2-6-26-14/h2-8,19H,9H2,1H3,(H,20,21,22). The molecule has 0 aliphatic carbocycles. The van der Waals surface area contributed by atoms with Gasteiger partial charge in [-0.05, 0) is 29.6 Å². The maximum atomic E-state index is 12.4. The van der Waals surface area contributed by atoms with Gasteiger partial charge in [-0.2, -0.15) is 9.50 Å². The van der Waals surface area contributed by atoms with Gasteiger partial charge in [-0.1, -0.05) is 17.7 Å². The van der Waals surface area contributed by atoms with Crippen molar-refractivity contribution in [2.24, 2.45) is 0 Å². The molecule has 26 heavy (non-hydrogen) atoms. The first-order chi connectivity index (χ1) is 12.6. The van der Waals surface area contributed by atoms with Crippen LogP contribution in [0.2, 0.25) is 5.02 Å². The Balaban J connectivity index is 1.63. The van der Waals surface area contributed by atoms with Crippen LogP contribution in [0, 0.1) is 0 Å². The molecule has 0 saturated heterocycles. The molecule has 3 aromatic heterocycles. The van der Waals surface area contributed by atoms with E-state index in [4.69, 9.17) is 16.3 Å². The van der Waals surface area contributed by atoms with Crippen molar-refractivity contribution in [1.29, 1.82) is 0 Å². The van der Waals surface area contributed by atoms with E-state index >= 15 is 0 Å². The summed E-state index contributed by atoms with van der Waals surface area (Å²) in [6.07, 6.45) is 0. The zero-order valence-corrected chi connectivity index (χ0v) is 15.3. The van der Waals surface area contributed by atoms with Crippen LogP contribution >= 0.6 is 22.9 Å². The molecule has 132 valence electrons. The summed E-state index contributed by atoms with van der Waals surface area (Å²) in [5, 5.41) is 8.71. The Morgan fingerprint density at radius 1 is 1.31 bits per heavy atom. The largest absolute Gasteiger partial charge is 0.495 e. The molecule has 0 saturated carbocycles. The molecule has 0 fully saturated rings. The van der Waals surface area contributed by atoms with Gasteiger partial charge in [0.15, 0.2) is 5.82 Å². The van der Waals surface area contributed by atoms with Gasteiger partial charge >= 0.3 is 0 Å². The fourth-order valence-corrected chi connectivity index (χ4v) is 3.38. The SMILES string of the molecule is COc1ccc(Cl)cc1NCc1cc(=O)n2[nH]c(-c3cccs3)nc2n1. The monoisotopic (exact) mass is 387 g/mol. The predicted molar refractivity (Wildman–Crippen MR) is 102 cm³/mol. The highest BCUT2D eigenvalue weighted by Crippen LogP contribution is 2.28. The molecule has 9 heteroatoms. The van der Waals surface area contributed by atoms with Crippen LogP contribution in [-0.2, 0) is 6.54 Å². The van der Waals surface area contributed by atoms with Gasteiger partial charge in [0, 0.05) is 11.1 Å². The summed E-state index contributed by atoms with van der Waals surface area (Å²) < 4.78 is 6.64. The third-order valence-corrected chi connectivity index (χ3v) is 4.87. The van der Waals surface area contributed by atoms with E-state index < -0.39 is 0 Å². The number of hydrogen-bond acceptors (Lipinski definition) is 6. The average molecular weight is 388 g/mol. The number of aromatic amines is 1. The fourth-order valence-electron chi connectivity index (χ4n) is 2.55. The van der Waals surface area contributed by atoms with E-state index in [2.05, 4.69) is 20.4 Å². The van der Waals surface area contributed by atoms with Gasteiger partial charge in [0.25, 0.3) is 11.3 Å². The van der Waals surface area contributed by atoms with Crippen molar-refractivity contribution >= 4 is 34.4 Å². The number of H-pyrrole nitrogens is 1. The van der Waals surface area contributed by atoms with Crippen molar-refractivity contribution in [2.45, 2.75) is 6.54 Å². The topological polar surface area (TPSA) is 84.3 Å². The van der Waals surface area contributed by atoms with Gasteiger partial charge in [-0.15, -0.1) is 11.3 Å². The molecule has 0 unspecified atom stereocenters. The highest BCUT2D eigenvalue weighted by Gasteiger charge is 2.11. The lowest BCUT2D eigenvalue weighted by atomic mass is 10.3. The number of nitrogens with zero attached hydrogens (tertiary/aromatic N) is 3. The molecule has 0 aliphatic rings.